The number of hydrogen-bond donors (Lipinski definition) is 4. The van der Waals surface area contributed by atoms with Gasteiger partial charge in [-0.3, -0.25) is 0 Å². The predicted molar refractivity (Wildman–Crippen MR) is 121 cm³/mol. The molecule has 0 saturated heterocycles. The molecule has 0 amide bonds. The van der Waals surface area contributed by atoms with Gasteiger partial charge in [0.1, 0.15) is 0 Å². The molecule has 148 valence electrons. The zero-order chi connectivity index (χ0) is 21.3. The van der Waals surface area contributed by atoms with Crippen molar-refractivity contribution < 1.29 is 9.90 Å². The van der Waals surface area contributed by atoms with Crippen LogP contribution < -0.4 is 11.5 Å². The van der Waals surface area contributed by atoms with Gasteiger partial charge in [0.05, 0.1) is 10.6 Å². The number of nitrogens with two attached hydrogens (primary N) is 2. The Hall–Kier alpha value is -2.77. The Morgan fingerprint density at radius 3 is 2.32 bits per heavy atom. The van der Waals surface area contributed by atoms with E-state index in [1.807, 2.05) is 38.1 Å². The molecule has 0 saturated carbocycles. The van der Waals surface area contributed by atoms with Crippen LogP contribution in [-0.2, 0) is 0 Å². The molecule has 0 unspecified atom stereocenters. The first-order valence-electron chi connectivity index (χ1n) is 8.42. The third-order valence-electron chi connectivity index (χ3n) is 3.50. The number of benzene rings is 2. The molecule has 0 aliphatic rings. The van der Waals surface area contributed by atoms with Crippen LogP contribution in [-0.4, -0.2) is 28.3 Å². The molecule has 0 bridgehead atoms. The lowest BCUT2D eigenvalue weighted by molar-refractivity contribution is 0.0697. The summed E-state index contributed by atoms with van der Waals surface area (Å²) in [5.41, 5.74) is 12.7. The van der Waals surface area contributed by atoms with E-state index in [4.69, 9.17) is 28.2 Å². The van der Waals surface area contributed by atoms with E-state index in [1.165, 1.54) is 12.3 Å². The van der Waals surface area contributed by atoms with E-state index in [0.717, 1.165) is 16.5 Å². The number of rotatable bonds is 3. The van der Waals surface area contributed by atoms with E-state index >= 15 is 0 Å². The zero-order valence-corrected chi connectivity index (χ0v) is 17.5. The van der Waals surface area contributed by atoms with E-state index in [9.17, 15) is 4.79 Å². The van der Waals surface area contributed by atoms with Gasteiger partial charge < -0.3 is 16.6 Å². The lowest BCUT2D eigenvalue weighted by Gasteiger charge is -2.08. The minimum atomic E-state index is -0.983. The molecule has 0 aliphatic heterocycles. The summed E-state index contributed by atoms with van der Waals surface area (Å²) >= 11 is 9.71. The number of hydrogen-bond acceptors (Lipinski definition) is 4. The number of carboxylic acid groups (broad SMARTS) is 1. The molecule has 0 aliphatic carbocycles. The lowest BCUT2D eigenvalue weighted by Crippen LogP contribution is -2.22. The van der Waals surface area contributed by atoms with Crippen LogP contribution in [0, 0.1) is 0 Å². The first-order chi connectivity index (χ1) is 13.5. The highest BCUT2D eigenvalue weighted by atomic mass is 35.5. The van der Waals surface area contributed by atoms with Gasteiger partial charge in [-0.15, -0.1) is 0 Å². The van der Waals surface area contributed by atoms with Crippen molar-refractivity contribution in [2.75, 3.05) is 6.26 Å². The van der Waals surface area contributed by atoms with Crippen LogP contribution in [0.3, 0.4) is 0 Å². The Bertz CT molecular complexity index is 989. The molecule has 0 radical (unpaired) electrons. The van der Waals surface area contributed by atoms with E-state index < -0.39 is 5.97 Å². The summed E-state index contributed by atoms with van der Waals surface area (Å²) in [6.45, 7) is 4.00. The zero-order valence-electron chi connectivity index (χ0n) is 15.8. The third kappa shape index (κ3) is 5.61. The first kappa shape index (κ1) is 23.3. The molecular weight excluding hydrogens is 396 g/mol. The van der Waals surface area contributed by atoms with Gasteiger partial charge in [0.15, 0.2) is 11.8 Å². The number of fused-ring (bicyclic) bond motifs is 1. The van der Waals surface area contributed by atoms with Gasteiger partial charge in [0.2, 0.25) is 0 Å². The summed E-state index contributed by atoms with van der Waals surface area (Å²) in [7, 11) is 0. The minimum absolute atomic E-state index is 0.107. The van der Waals surface area contributed by atoms with E-state index in [0.29, 0.717) is 16.2 Å². The minimum Gasteiger partial charge on any atom is -0.478 e. The number of nitrogens with zero attached hydrogens (tertiary/aromatic N) is 2. The number of carbonyl (C=O) groups is 1. The fourth-order valence-electron chi connectivity index (χ4n) is 2.42. The average molecular weight is 419 g/mol. The summed E-state index contributed by atoms with van der Waals surface area (Å²) in [6.07, 6.45) is 3.18. The van der Waals surface area contributed by atoms with Gasteiger partial charge >= 0.3 is 5.97 Å². The molecule has 6 nitrogen and oxygen atoms in total. The molecule has 1 heterocycles. The second-order valence-electron chi connectivity index (χ2n) is 5.11. The predicted octanol–water partition coefficient (Wildman–Crippen LogP) is 4.73. The monoisotopic (exact) mass is 418 g/mol. The van der Waals surface area contributed by atoms with Crippen LogP contribution in [0.1, 0.15) is 24.2 Å². The number of thiol groups is 1. The van der Waals surface area contributed by atoms with Gasteiger partial charge in [-0.25, -0.2) is 9.78 Å². The highest BCUT2D eigenvalue weighted by Crippen LogP contribution is 2.33. The molecule has 0 fully saturated rings. The van der Waals surface area contributed by atoms with Crippen molar-refractivity contribution in [2.45, 2.75) is 13.8 Å². The number of guanidine groups is 1. The normalized spacial score (nSPS) is 9.46. The molecule has 3 rings (SSSR count). The summed E-state index contributed by atoms with van der Waals surface area (Å²) in [5, 5.41) is 11.0. The molecule has 0 atom stereocenters. The van der Waals surface area contributed by atoms with Crippen molar-refractivity contribution in [3.63, 3.8) is 0 Å². The standard InChI is InChI=1S/C17H13ClN4O2.C2H6.CH4S/c18-14-8-21-15(22-17(19)20)13-7-10(4-5-12(13)14)9-2-1-3-11(6-9)16(23)24;2*1-2/h1-8H,(H,23,24)(H4,19,20,21,22);1-2H3;2H,1H3. The second-order valence-corrected chi connectivity index (χ2v) is 5.52. The number of pyridine rings is 1. The van der Waals surface area contributed by atoms with Crippen LogP contribution in [0.4, 0.5) is 5.82 Å². The fraction of sp³-hybridized carbons (Fsp3) is 0.150. The maximum atomic E-state index is 11.1. The van der Waals surface area contributed by atoms with Crippen molar-refractivity contribution in [1.82, 2.24) is 4.98 Å². The van der Waals surface area contributed by atoms with E-state index in [1.54, 1.807) is 18.4 Å². The quantitative estimate of drug-likeness (QED) is 0.279. The molecule has 0 spiro atoms. The number of aromatic carboxylic acids is 1. The fourth-order valence-corrected chi connectivity index (χ4v) is 2.63. The average Bonchev–Trinajstić information content (AvgIpc) is 2.72. The van der Waals surface area contributed by atoms with Gasteiger partial charge in [-0.2, -0.15) is 17.6 Å². The van der Waals surface area contributed by atoms with Gasteiger partial charge in [0.25, 0.3) is 0 Å². The van der Waals surface area contributed by atoms with Crippen LogP contribution in [0.5, 0.6) is 0 Å². The molecule has 8 heteroatoms. The van der Waals surface area contributed by atoms with Crippen molar-refractivity contribution >= 4 is 52.7 Å². The van der Waals surface area contributed by atoms with E-state index in [2.05, 4.69) is 22.6 Å². The Kier molecular flexibility index (Phi) is 9.27. The van der Waals surface area contributed by atoms with Gasteiger partial charge in [0, 0.05) is 17.0 Å². The summed E-state index contributed by atoms with van der Waals surface area (Å²) in [4.78, 5) is 19.3. The van der Waals surface area contributed by atoms with Gasteiger partial charge in [-0.05, 0) is 35.6 Å². The van der Waals surface area contributed by atoms with Crippen LogP contribution in [0.25, 0.3) is 21.9 Å². The summed E-state index contributed by atoms with van der Waals surface area (Å²) < 4.78 is 0. The smallest absolute Gasteiger partial charge is 0.335 e. The topological polar surface area (TPSA) is 115 Å². The van der Waals surface area contributed by atoms with Crippen molar-refractivity contribution in [2.24, 2.45) is 16.5 Å². The molecule has 1 aromatic heterocycles. The highest BCUT2D eigenvalue weighted by Gasteiger charge is 2.10. The number of aliphatic imine (C=N–C) groups is 1. The van der Waals surface area contributed by atoms with Crippen LogP contribution >= 0.6 is 24.2 Å². The summed E-state index contributed by atoms with van der Waals surface area (Å²) in [6, 6.07) is 12.2. The largest absolute Gasteiger partial charge is 0.478 e. The SMILES string of the molecule is CC.CS.NC(N)=Nc1ncc(Cl)c2ccc(-c3cccc(C(=O)O)c3)cc12. The number of carboxylic acids is 1. The molecular formula is C20H23ClN4O2S. The second kappa shape index (κ2) is 11.2. The summed E-state index contributed by atoms with van der Waals surface area (Å²) in [5.74, 6) is -0.737. The first-order valence-corrected chi connectivity index (χ1v) is 9.69. The Morgan fingerprint density at radius 2 is 1.71 bits per heavy atom. The van der Waals surface area contributed by atoms with Crippen LogP contribution in [0.15, 0.2) is 53.7 Å². The van der Waals surface area contributed by atoms with Crippen molar-refractivity contribution in [1.29, 1.82) is 0 Å². The Morgan fingerprint density at radius 1 is 1.07 bits per heavy atom. The van der Waals surface area contributed by atoms with E-state index in [-0.39, 0.29) is 11.5 Å². The molecule has 28 heavy (non-hydrogen) atoms. The lowest BCUT2D eigenvalue weighted by atomic mass is 10.00. The maximum absolute atomic E-state index is 11.1. The Balaban J connectivity index is 0.000000921. The molecule has 5 N–H and O–H groups in total. The number of aromatic nitrogens is 1. The molecule has 3 aromatic rings. The van der Waals surface area contributed by atoms with Crippen molar-refractivity contribution in [3.05, 3.63) is 59.2 Å². The van der Waals surface area contributed by atoms with Crippen molar-refractivity contribution in [3.8, 4) is 11.1 Å². The Labute approximate surface area is 174 Å². The maximum Gasteiger partial charge on any atom is 0.335 e. The van der Waals surface area contributed by atoms with Crippen LogP contribution in [0.2, 0.25) is 5.02 Å². The molecule has 2 aromatic carbocycles. The number of halogens is 1. The highest BCUT2D eigenvalue weighted by molar-refractivity contribution is 7.79. The van der Waals surface area contributed by atoms with Gasteiger partial charge in [-0.1, -0.05) is 49.7 Å². The third-order valence-corrected chi connectivity index (χ3v) is 3.80.